The highest BCUT2D eigenvalue weighted by molar-refractivity contribution is 9.10. The number of benzene rings is 3. The number of hydrogen-bond acceptors (Lipinski definition) is 3. The van der Waals surface area contributed by atoms with E-state index in [9.17, 15) is 8.42 Å². The lowest BCUT2D eigenvalue weighted by Gasteiger charge is -2.10. The third-order valence-electron chi connectivity index (χ3n) is 3.67. The molecule has 3 rings (SSSR count). The zero-order valence-electron chi connectivity index (χ0n) is 12.5. The van der Waals surface area contributed by atoms with Gasteiger partial charge in [0.1, 0.15) is 5.75 Å². The molecule has 0 aliphatic rings. The van der Waals surface area contributed by atoms with Crippen LogP contribution in [-0.4, -0.2) is 15.5 Å². The Hall–Kier alpha value is -1.85. The van der Waals surface area contributed by atoms with Crippen molar-refractivity contribution < 1.29 is 13.2 Å². The molecule has 0 saturated carbocycles. The average molecular weight is 391 g/mol. The summed E-state index contributed by atoms with van der Waals surface area (Å²) >= 11 is 3.51. The van der Waals surface area contributed by atoms with Crippen molar-refractivity contribution in [2.75, 3.05) is 7.11 Å². The second-order valence-corrected chi connectivity index (χ2v) is 8.05. The van der Waals surface area contributed by atoms with Gasteiger partial charge in [-0.1, -0.05) is 46.3 Å². The van der Waals surface area contributed by atoms with E-state index in [1.54, 1.807) is 37.4 Å². The smallest absolute Gasteiger partial charge is 0.182 e. The molecule has 0 fully saturated rings. The Labute approximate surface area is 144 Å². The first-order valence-corrected chi connectivity index (χ1v) is 9.49. The van der Waals surface area contributed by atoms with Gasteiger partial charge in [-0.05, 0) is 41.3 Å². The van der Waals surface area contributed by atoms with E-state index in [4.69, 9.17) is 4.74 Å². The van der Waals surface area contributed by atoms with Gasteiger partial charge in [-0.15, -0.1) is 0 Å². The maximum atomic E-state index is 12.5. The zero-order chi connectivity index (χ0) is 16.4. The molecule has 3 nitrogen and oxygen atoms in total. The summed E-state index contributed by atoms with van der Waals surface area (Å²) in [4.78, 5) is 0.335. The van der Waals surface area contributed by atoms with Gasteiger partial charge in [-0.2, -0.15) is 0 Å². The highest BCUT2D eigenvalue weighted by Crippen LogP contribution is 2.33. The van der Waals surface area contributed by atoms with Gasteiger partial charge in [0.05, 0.1) is 17.8 Å². The van der Waals surface area contributed by atoms with Crippen LogP contribution in [0.25, 0.3) is 10.8 Å². The summed E-state index contributed by atoms with van der Waals surface area (Å²) < 4.78 is 31.4. The number of sulfone groups is 1. The van der Waals surface area contributed by atoms with Crippen molar-refractivity contribution in [1.82, 2.24) is 0 Å². The van der Waals surface area contributed by atoms with Crippen LogP contribution in [0.4, 0.5) is 0 Å². The Morgan fingerprint density at radius 2 is 1.70 bits per heavy atom. The summed E-state index contributed by atoms with van der Waals surface area (Å²) in [5.41, 5.74) is 0.734. The summed E-state index contributed by atoms with van der Waals surface area (Å²) in [5.74, 6) is 0.685. The van der Waals surface area contributed by atoms with Crippen molar-refractivity contribution in [2.24, 2.45) is 0 Å². The monoisotopic (exact) mass is 390 g/mol. The van der Waals surface area contributed by atoms with Crippen molar-refractivity contribution in [3.63, 3.8) is 0 Å². The van der Waals surface area contributed by atoms with Gasteiger partial charge in [0.2, 0.25) is 0 Å². The van der Waals surface area contributed by atoms with E-state index in [-0.39, 0.29) is 5.75 Å². The van der Waals surface area contributed by atoms with Gasteiger partial charge < -0.3 is 4.74 Å². The molecule has 0 unspecified atom stereocenters. The topological polar surface area (TPSA) is 43.4 Å². The summed E-state index contributed by atoms with van der Waals surface area (Å²) in [6.45, 7) is 0. The third-order valence-corrected chi connectivity index (χ3v) is 6.06. The van der Waals surface area contributed by atoms with E-state index in [1.165, 1.54) is 0 Å². The first-order valence-electron chi connectivity index (χ1n) is 7.04. The molecule has 0 heterocycles. The SMILES string of the molecule is COc1ccc(Br)c2ccc(CS(=O)(=O)c3ccccc3)cc12. The van der Waals surface area contributed by atoms with Crippen molar-refractivity contribution in [2.45, 2.75) is 10.6 Å². The molecule has 0 saturated heterocycles. The molecule has 3 aromatic rings. The zero-order valence-corrected chi connectivity index (χ0v) is 14.9. The van der Waals surface area contributed by atoms with Gasteiger partial charge in [-0.25, -0.2) is 8.42 Å². The predicted molar refractivity (Wildman–Crippen MR) is 95.5 cm³/mol. The number of methoxy groups -OCH3 is 1. The maximum Gasteiger partial charge on any atom is 0.182 e. The van der Waals surface area contributed by atoms with Crippen LogP contribution in [0.15, 0.2) is 70.0 Å². The number of ether oxygens (including phenoxy) is 1. The van der Waals surface area contributed by atoms with Crippen molar-refractivity contribution in [3.8, 4) is 5.75 Å². The molecule has 0 aliphatic heterocycles. The fourth-order valence-electron chi connectivity index (χ4n) is 2.53. The summed E-state index contributed by atoms with van der Waals surface area (Å²) in [6.07, 6.45) is 0. The Kier molecular flexibility index (Phi) is 4.41. The average Bonchev–Trinajstić information content (AvgIpc) is 2.56. The van der Waals surface area contributed by atoms with Crippen LogP contribution in [0.5, 0.6) is 5.75 Å². The van der Waals surface area contributed by atoms with Crippen molar-refractivity contribution in [3.05, 3.63) is 70.7 Å². The number of rotatable bonds is 4. The fourth-order valence-corrected chi connectivity index (χ4v) is 4.37. The highest BCUT2D eigenvalue weighted by atomic mass is 79.9. The highest BCUT2D eigenvalue weighted by Gasteiger charge is 2.16. The lowest BCUT2D eigenvalue weighted by atomic mass is 10.1. The van der Waals surface area contributed by atoms with Crippen LogP contribution >= 0.6 is 15.9 Å². The van der Waals surface area contributed by atoms with E-state index in [0.29, 0.717) is 4.90 Å². The van der Waals surface area contributed by atoms with Gasteiger partial charge in [0.15, 0.2) is 9.84 Å². The van der Waals surface area contributed by atoms with Crippen LogP contribution < -0.4 is 4.74 Å². The molecule has 5 heteroatoms. The molecule has 0 amide bonds. The summed E-state index contributed by atoms with van der Waals surface area (Å²) in [6, 6.07) is 17.9. The molecule has 0 atom stereocenters. The van der Waals surface area contributed by atoms with Gasteiger partial charge in [-0.3, -0.25) is 0 Å². The van der Waals surface area contributed by atoms with E-state index in [1.807, 2.05) is 30.3 Å². The normalized spacial score (nSPS) is 11.6. The van der Waals surface area contributed by atoms with Crippen LogP contribution in [0, 0.1) is 0 Å². The Bertz CT molecular complexity index is 951. The molecular formula is C18H15BrO3S. The second kappa shape index (κ2) is 6.34. The van der Waals surface area contributed by atoms with Gasteiger partial charge in [0.25, 0.3) is 0 Å². The molecule has 0 bridgehead atoms. The molecule has 0 spiro atoms. The first kappa shape index (κ1) is 16.0. The van der Waals surface area contributed by atoms with E-state index in [0.717, 1.165) is 26.6 Å². The third kappa shape index (κ3) is 3.26. The first-order chi connectivity index (χ1) is 11.0. The van der Waals surface area contributed by atoms with Crippen molar-refractivity contribution >= 4 is 36.5 Å². The molecule has 118 valence electrons. The predicted octanol–water partition coefficient (Wildman–Crippen LogP) is 4.58. The summed E-state index contributed by atoms with van der Waals surface area (Å²) in [5, 5.41) is 1.88. The minimum absolute atomic E-state index is 0.0391. The van der Waals surface area contributed by atoms with Gasteiger partial charge in [0, 0.05) is 9.86 Å². The number of fused-ring (bicyclic) bond motifs is 1. The Balaban J connectivity index is 2.05. The Morgan fingerprint density at radius 3 is 2.39 bits per heavy atom. The molecule has 0 aliphatic carbocycles. The largest absolute Gasteiger partial charge is 0.496 e. The summed E-state index contributed by atoms with van der Waals surface area (Å²) in [7, 11) is -1.76. The quantitative estimate of drug-likeness (QED) is 0.654. The van der Waals surface area contributed by atoms with Crippen LogP contribution in [0.1, 0.15) is 5.56 Å². The second-order valence-electron chi connectivity index (χ2n) is 5.20. The lowest BCUT2D eigenvalue weighted by molar-refractivity contribution is 0.420. The van der Waals surface area contributed by atoms with E-state index in [2.05, 4.69) is 15.9 Å². The molecule has 3 aromatic carbocycles. The standard InChI is InChI=1S/C18H15BrO3S/c1-22-18-10-9-17(19)15-8-7-13(11-16(15)18)12-23(20,21)14-5-3-2-4-6-14/h2-11H,12H2,1H3. The lowest BCUT2D eigenvalue weighted by Crippen LogP contribution is -2.04. The molecular weight excluding hydrogens is 376 g/mol. The van der Waals surface area contributed by atoms with Gasteiger partial charge >= 0.3 is 0 Å². The molecule has 0 radical (unpaired) electrons. The molecule has 23 heavy (non-hydrogen) atoms. The number of halogens is 1. The Morgan fingerprint density at radius 1 is 0.957 bits per heavy atom. The molecule has 0 N–H and O–H groups in total. The minimum Gasteiger partial charge on any atom is -0.496 e. The van der Waals surface area contributed by atoms with E-state index >= 15 is 0 Å². The molecule has 0 aromatic heterocycles. The number of hydrogen-bond donors (Lipinski definition) is 0. The van der Waals surface area contributed by atoms with Crippen LogP contribution in [0.3, 0.4) is 0 Å². The van der Waals surface area contributed by atoms with Crippen LogP contribution in [0.2, 0.25) is 0 Å². The van der Waals surface area contributed by atoms with Crippen LogP contribution in [-0.2, 0) is 15.6 Å². The fraction of sp³-hybridized carbons (Fsp3) is 0.111. The maximum absolute atomic E-state index is 12.5. The van der Waals surface area contributed by atoms with Crippen molar-refractivity contribution in [1.29, 1.82) is 0 Å². The van der Waals surface area contributed by atoms with E-state index < -0.39 is 9.84 Å². The minimum atomic E-state index is -3.36.